The molecule has 0 aromatic heterocycles. The fourth-order valence-electron chi connectivity index (χ4n) is 3.20. The van der Waals surface area contributed by atoms with Crippen molar-refractivity contribution in [3.8, 4) is 0 Å². The number of nitrogens with zero attached hydrogens (tertiary/aromatic N) is 1. The van der Waals surface area contributed by atoms with E-state index in [1.165, 1.54) is 0 Å². The monoisotopic (exact) mass is 342 g/mol. The van der Waals surface area contributed by atoms with Crippen molar-refractivity contribution in [2.24, 2.45) is 17.0 Å². The molecule has 0 aromatic carbocycles. The molecule has 1 fully saturated rings. The van der Waals surface area contributed by atoms with Gasteiger partial charge in [-0.3, -0.25) is 4.79 Å². The number of carbonyl (C=O) groups is 2. The first kappa shape index (κ1) is 18.5. The molecule has 2 aliphatic rings. The van der Waals surface area contributed by atoms with E-state index in [2.05, 4.69) is 10.5 Å². The minimum absolute atomic E-state index is 0.163. The quantitative estimate of drug-likeness (QED) is 0.747. The van der Waals surface area contributed by atoms with E-state index in [4.69, 9.17) is 14.3 Å². The topological polar surface area (TPSA) is 106 Å². The second-order valence-corrected chi connectivity index (χ2v) is 7.16. The Balaban J connectivity index is 2.20. The summed E-state index contributed by atoms with van der Waals surface area (Å²) in [6.45, 7) is 8.93. The normalized spacial score (nSPS) is 32.2. The van der Waals surface area contributed by atoms with Gasteiger partial charge in [0.2, 0.25) is 0 Å². The number of hydrogen-bond donors (Lipinski definition) is 2. The number of nitrogens with one attached hydrogen (secondary N) is 1. The number of carbonyl (C=O) groups excluding carboxylic acids is 2. The Morgan fingerprint density at radius 1 is 1.42 bits per heavy atom. The largest absolute Gasteiger partial charge is 0.466 e. The van der Waals surface area contributed by atoms with E-state index < -0.39 is 41.8 Å². The summed E-state index contributed by atoms with van der Waals surface area (Å²) in [5, 5.41) is 17.0. The van der Waals surface area contributed by atoms with Crippen molar-refractivity contribution < 1.29 is 29.0 Å². The highest BCUT2D eigenvalue weighted by Crippen LogP contribution is 2.37. The molecule has 0 aromatic rings. The lowest BCUT2D eigenvalue weighted by Crippen LogP contribution is -2.60. The summed E-state index contributed by atoms with van der Waals surface area (Å²) < 4.78 is 10.4. The molecule has 1 unspecified atom stereocenters. The zero-order valence-corrected chi connectivity index (χ0v) is 14.7. The molecular weight excluding hydrogens is 316 g/mol. The maximum Gasteiger partial charge on any atom is 0.408 e. The molecule has 0 saturated heterocycles. The SMILES string of the molecule is CCOC(=O)C1C[C@H](O)[C@@H]2C(C)=NO[C@@H]2[C@@H]1NC(=O)OC(C)(C)C. The van der Waals surface area contributed by atoms with Crippen LogP contribution >= 0.6 is 0 Å². The zero-order valence-electron chi connectivity index (χ0n) is 14.7. The summed E-state index contributed by atoms with van der Waals surface area (Å²) in [5.41, 5.74) is -0.0224. The predicted molar refractivity (Wildman–Crippen MR) is 85.4 cm³/mol. The Bertz CT molecular complexity index is 527. The van der Waals surface area contributed by atoms with E-state index in [1.54, 1.807) is 34.6 Å². The first-order valence-corrected chi connectivity index (χ1v) is 8.18. The molecule has 136 valence electrons. The number of alkyl carbamates (subject to hydrolysis) is 1. The van der Waals surface area contributed by atoms with Crippen LogP contribution < -0.4 is 5.32 Å². The molecule has 1 aliphatic heterocycles. The van der Waals surface area contributed by atoms with Crippen molar-refractivity contribution in [1.82, 2.24) is 5.32 Å². The Kier molecular flexibility index (Phi) is 5.37. The summed E-state index contributed by atoms with van der Waals surface area (Å²) in [5.74, 6) is -1.57. The van der Waals surface area contributed by atoms with E-state index in [0.29, 0.717) is 5.71 Å². The first-order chi connectivity index (χ1) is 11.1. The molecule has 2 N–H and O–H groups in total. The lowest BCUT2D eigenvalue weighted by molar-refractivity contribution is -0.156. The third-order valence-corrected chi connectivity index (χ3v) is 4.12. The van der Waals surface area contributed by atoms with Crippen LogP contribution in [0.5, 0.6) is 0 Å². The fraction of sp³-hybridized carbons (Fsp3) is 0.812. The lowest BCUT2D eigenvalue weighted by atomic mass is 9.73. The van der Waals surface area contributed by atoms with Crippen LogP contribution in [0.25, 0.3) is 0 Å². The molecule has 0 spiro atoms. The molecule has 24 heavy (non-hydrogen) atoms. The van der Waals surface area contributed by atoms with Gasteiger partial charge in [0.1, 0.15) is 5.60 Å². The molecular formula is C16H26N2O6. The molecule has 2 rings (SSSR count). The Labute approximate surface area is 141 Å². The first-order valence-electron chi connectivity index (χ1n) is 8.18. The van der Waals surface area contributed by atoms with Gasteiger partial charge >= 0.3 is 12.1 Å². The molecule has 1 amide bonds. The van der Waals surface area contributed by atoms with Gasteiger partial charge in [0.25, 0.3) is 0 Å². The third-order valence-electron chi connectivity index (χ3n) is 4.12. The Hall–Kier alpha value is -1.83. The summed E-state index contributed by atoms with van der Waals surface area (Å²) in [6.07, 6.45) is -1.90. The number of fused-ring (bicyclic) bond motifs is 1. The van der Waals surface area contributed by atoms with Crippen molar-refractivity contribution in [3.63, 3.8) is 0 Å². The van der Waals surface area contributed by atoms with E-state index in [-0.39, 0.29) is 18.9 Å². The average Bonchev–Trinajstić information content (AvgIpc) is 2.82. The second kappa shape index (κ2) is 6.96. The van der Waals surface area contributed by atoms with Crippen molar-refractivity contribution in [3.05, 3.63) is 0 Å². The molecule has 1 aliphatic carbocycles. The van der Waals surface area contributed by atoms with Crippen LogP contribution in [-0.2, 0) is 19.1 Å². The van der Waals surface area contributed by atoms with Crippen LogP contribution in [0.4, 0.5) is 4.79 Å². The van der Waals surface area contributed by atoms with E-state index in [1.807, 2.05) is 0 Å². The zero-order chi connectivity index (χ0) is 18.1. The summed E-state index contributed by atoms with van der Waals surface area (Å²) in [4.78, 5) is 29.8. The number of hydrogen-bond acceptors (Lipinski definition) is 7. The van der Waals surface area contributed by atoms with Crippen molar-refractivity contribution in [1.29, 1.82) is 0 Å². The maximum atomic E-state index is 12.3. The predicted octanol–water partition coefficient (Wildman–Crippen LogP) is 1.21. The van der Waals surface area contributed by atoms with Crippen LogP contribution in [0, 0.1) is 11.8 Å². The standard InChI is InChI=1S/C16H26N2O6/c1-6-22-14(20)9-7-10(19)11-8(2)18-24-13(11)12(9)17-15(21)23-16(3,4)5/h9-13,19H,6-7H2,1-5H3,(H,17,21)/t9?,10-,11-,12+,13-/m0/s1. The van der Waals surface area contributed by atoms with Gasteiger partial charge in [-0.2, -0.15) is 0 Å². The molecule has 8 heteroatoms. The highest BCUT2D eigenvalue weighted by molar-refractivity contribution is 5.87. The minimum atomic E-state index is -0.785. The fourth-order valence-corrected chi connectivity index (χ4v) is 3.20. The van der Waals surface area contributed by atoms with Crippen LogP contribution in [0.15, 0.2) is 5.16 Å². The number of oxime groups is 1. The van der Waals surface area contributed by atoms with Crippen LogP contribution in [0.3, 0.4) is 0 Å². The smallest absolute Gasteiger partial charge is 0.408 e. The van der Waals surface area contributed by atoms with E-state index in [9.17, 15) is 14.7 Å². The number of ether oxygens (including phenoxy) is 2. The molecule has 5 atom stereocenters. The Morgan fingerprint density at radius 3 is 2.67 bits per heavy atom. The number of esters is 1. The number of rotatable bonds is 3. The number of amides is 1. The van der Waals surface area contributed by atoms with E-state index >= 15 is 0 Å². The average molecular weight is 342 g/mol. The van der Waals surface area contributed by atoms with E-state index in [0.717, 1.165) is 0 Å². The second-order valence-electron chi connectivity index (χ2n) is 7.16. The summed E-state index contributed by atoms with van der Waals surface area (Å²) in [7, 11) is 0. The highest BCUT2D eigenvalue weighted by Gasteiger charge is 2.53. The van der Waals surface area contributed by atoms with Gasteiger partial charge < -0.3 is 24.7 Å². The highest BCUT2D eigenvalue weighted by atomic mass is 16.6. The number of aliphatic hydroxyl groups is 1. The number of aliphatic hydroxyl groups excluding tert-OH is 1. The van der Waals surface area contributed by atoms with Gasteiger partial charge in [0.05, 0.1) is 36.3 Å². The summed E-state index contributed by atoms with van der Waals surface area (Å²) >= 11 is 0. The summed E-state index contributed by atoms with van der Waals surface area (Å²) in [6, 6.07) is -0.687. The third kappa shape index (κ3) is 3.98. The van der Waals surface area contributed by atoms with Crippen LogP contribution in [0.2, 0.25) is 0 Å². The van der Waals surface area contributed by atoms with Gasteiger partial charge in [-0.05, 0) is 41.0 Å². The van der Waals surface area contributed by atoms with Crippen LogP contribution in [-0.4, -0.2) is 53.3 Å². The maximum absolute atomic E-state index is 12.3. The molecule has 0 bridgehead atoms. The molecule has 0 radical (unpaired) electrons. The van der Waals surface area contributed by atoms with Crippen molar-refractivity contribution in [2.45, 2.75) is 64.9 Å². The molecule has 1 heterocycles. The van der Waals surface area contributed by atoms with Gasteiger partial charge in [-0.15, -0.1) is 0 Å². The van der Waals surface area contributed by atoms with Gasteiger partial charge in [0, 0.05) is 0 Å². The molecule has 8 nitrogen and oxygen atoms in total. The van der Waals surface area contributed by atoms with Crippen molar-refractivity contribution >= 4 is 17.8 Å². The Morgan fingerprint density at radius 2 is 2.08 bits per heavy atom. The lowest BCUT2D eigenvalue weighted by Gasteiger charge is -2.40. The van der Waals surface area contributed by atoms with Gasteiger partial charge in [0.15, 0.2) is 6.10 Å². The molecule has 1 saturated carbocycles. The van der Waals surface area contributed by atoms with Crippen molar-refractivity contribution in [2.75, 3.05) is 6.61 Å². The van der Waals surface area contributed by atoms with Crippen LogP contribution in [0.1, 0.15) is 41.0 Å². The van der Waals surface area contributed by atoms with Gasteiger partial charge in [-0.1, -0.05) is 5.16 Å². The minimum Gasteiger partial charge on any atom is -0.466 e. The van der Waals surface area contributed by atoms with Gasteiger partial charge in [-0.25, -0.2) is 4.79 Å².